The van der Waals surface area contributed by atoms with E-state index in [1.807, 2.05) is 36.4 Å². The number of hydrazine groups is 1. The Morgan fingerprint density at radius 1 is 1.08 bits per heavy atom. The fraction of sp³-hybridized carbons (Fsp3) is 0. The molecule has 7 heteroatoms. The molecule has 3 N–H and O–H groups in total. The van der Waals surface area contributed by atoms with E-state index in [9.17, 15) is 4.79 Å². The van der Waals surface area contributed by atoms with Crippen LogP contribution in [0.2, 0.25) is 5.02 Å². The fourth-order valence-electron chi connectivity index (χ4n) is 2.13. The number of nitrogens with zero attached hydrogens (tertiary/aromatic N) is 1. The summed E-state index contributed by atoms with van der Waals surface area (Å²) in [5, 5.41) is 7.51. The van der Waals surface area contributed by atoms with E-state index in [-0.39, 0.29) is 5.91 Å². The minimum absolute atomic E-state index is 0.334. The molecule has 2 aromatic carbocycles. The van der Waals surface area contributed by atoms with Gasteiger partial charge in [-0.05, 0) is 35.9 Å². The maximum atomic E-state index is 12.2. The lowest BCUT2D eigenvalue weighted by atomic mass is 10.1. The van der Waals surface area contributed by atoms with Crippen molar-refractivity contribution in [2.75, 3.05) is 0 Å². The van der Waals surface area contributed by atoms with Crippen LogP contribution in [0, 0.1) is 0 Å². The number of carbonyl (C=O) groups is 1. The molecule has 5 nitrogen and oxygen atoms in total. The fourth-order valence-corrected chi connectivity index (χ4v) is 2.52. The highest BCUT2D eigenvalue weighted by Gasteiger charge is 2.11. The first-order valence-electron chi connectivity index (χ1n) is 7.35. The van der Waals surface area contributed by atoms with E-state index in [0.29, 0.717) is 22.1 Å². The molecule has 0 saturated carbocycles. The number of hydrogen-bond donors (Lipinski definition) is 3. The van der Waals surface area contributed by atoms with Gasteiger partial charge in [0.15, 0.2) is 0 Å². The third-order valence-corrected chi connectivity index (χ3v) is 4.26. The molecule has 3 aromatic rings. The molecule has 1 amide bonds. The average molecular weight is 418 g/mol. The zero-order valence-corrected chi connectivity index (χ0v) is 15.4. The number of rotatable bonds is 5. The first-order valence-corrected chi connectivity index (χ1v) is 8.52. The quantitative estimate of drug-likeness (QED) is 0.539. The van der Waals surface area contributed by atoms with E-state index >= 15 is 0 Å². The number of carbonyl (C=O) groups excluding carboxylic acids is 1. The second-order valence-corrected chi connectivity index (χ2v) is 6.59. The predicted molar refractivity (Wildman–Crippen MR) is 103 cm³/mol. The van der Waals surface area contributed by atoms with Gasteiger partial charge in [-0.15, -0.1) is 0 Å². The van der Waals surface area contributed by atoms with Gasteiger partial charge in [-0.25, -0.2) is 0 Å². The Hall–Kier alpha value is -2.57. The Morgan fingerprint density at radius 2 is 1.76 bits per heavy atom. The third-order valence-electron chi connectivity index (χ3n) is 3.48. The van der Waals surface area contributed by atoms with Crippen LogP contribution in [0.1, 0.15) is 16.1 Å². The van der Waals surface area contributed by atoms with Crippen LogP contribution < -0.4 is 10.9 Å². The van der Waals surface area contributed by atoms with Crippen molar-refractivity contribution in [2.45, 2.75) is 0 Å². The Balaban J connectivity index is 1.63. The largest absolute Gasteiger partial charge is 0.298 e. The number of amides is 1. The van der Waals surface area contributed by atoms with Gasteiger partial charge in [0.05, 0.1) is 11.4 Å². The van der Waals surface area contributed by atoms with Crippen LogP contribution in [-0.4, -0.2) is 16.1 Å². The first kappa shape index (κ1) is 17.3. The topological polar surface area (TPSA) is 69.8 Å². The highest BCUT2D eigenvalue weighted by atomic mass is 79.9. The summed E-state index contributed by atoms with van der Waals surface area (Å²) in [6.45, 7) is 3.90. The van der Waals surface area contributed by atoms with E-state index in [1.165, 1.54) is 0 Å². The number of hydrogen-bond acceptors (Lipinski definition) is 3. The summed E-state index contributed by atoms with van der Waals surface area (Å²) in [5.41, 5.74) is 8.71. The van der Waals surface area contributed by atoms with E-state index in [2.05, 4.69) is 43.6 Å². The van der Waals surface area contributed by atoms with Crippen molar-refractivity contribution in [3.8, 4) is 11.3 Å². The first-order chi connectivity index (χ1) is 12.0. The number of benzene rings is 2. The van der Waals surface area contributed by atoms with Gasteiger partial charge in [0.25, 0.3) is 5.91 Å². The molecule has 0 fully saturated rings. The van der Waals surface area contributed by atoms with Crippen LogP contribution in [0.15, 0.2) is 65.6 Å². The molecular formula is C18H14BrClN4O. The van der Waals surface area contributed by atoms with E-state index in [0.717, 1.165) is 15.6 Å². The minimum atomic E-state index is -0.342. The minimum Gasteiger partial charge on any atom is -0.298 e. The molecule has 3 rings (SSSR count). The van der Waals surface area contributed by atoms with Crippen LogP contribution in [0.5, 0.6) is 0 Å². The lowest BCUT2D eigenvalue weighted by Crippen LogP contribution is -2.36. The highest BCUT2D eigenvalue weighted by Crippen LogP contribution is 2.20. The second kappa shape index (κ2) is 7.55. The molecule has 0 aliphatic heterocycles. The van der Waals surface area contributed by atoms with Crippen LogP contribution in [-0.2, 0) is 0 Å². The molecule has 1 aromatic heterocycles. The smallest absolute Gasteiger partial charge is 0.287 e. The van der Waals surface area contributed by atoms with Crippen molar-refractivity contribution < 1.29 is 4.79 Å². The van der Waals surface area contributed by atoms with Gasteiger partial charge in [-0.3, -0.25) is 20.7 Å². The third kappa shape index (κ3) is 4.29. The van der Waals surface area contributed by atoms with Gasteiger partial charge in [-0.2, -0.15) is 5.10 Å². The molecule has 1 heterocycles. The summed E-state index contributed by atoms with van der Waals surface area (Å²) in [6, 6.07) is 16.5. The number of nitrogens with one attached hydrogen (secondary N) is 3. The summed E-state index contributed by atoms with van der Waals surface area (Å²) in [7, 11) is 0. The molecule has 0 saturated heterocycles. The second-order valence-electron chi connectivity index (χ2n) is 5.24. The van der Waals surface area contributed by atoms with E-state index < -0.39 is 0 Å². The van der Waals surface area contributed by atoms with Gasteiger partial charge in [0, 0.05) is 15.1 Å². The zero-order valence-electron chi connectivity index (χ0n) is 13.0. The Labute approximate surface area is 158 Å². The van der Waals surface area contributed by atoms with Gasteiger partial charge >= 0.3 is 0 Å². The van der Waals surface area contributed by atoms with Crippen molar-refractivity contribution in [1.82, 2.24) is 21.0 Å². The van der Waals surface area contributed by atoms with Crippen LogP contribution >= 0.6 is 27.5 Å². The van der Waals surface area contributed by atoms with Gasteiger partial charge < -0.3 is 0 Å². The van der Waals surface area contributed by atoms with Crippen molar-refractivity contribution in [3.05, 3.63) is 81.9 Å². The molecule has 0 atom stereocenters. The maximum absolute atomic E-state index is 12.2. The molecule has 25 heavy (non-hydrogen) atoms. The summed E-state index contributed by atoms with van der Waals surface area (Å²) in [6.07, 6.45) is 0. The average Bonchev–Trinajstić information content (AvgIpc) is 3.11. The van der Waals surface area contributed by atoms with Crippen molar-refractivity contribution in [1.29, 1.82) is 0 Å². The van der Waals surface area contributed by atoms with Crippen molar-refractivity contribution >= 4 is 39.1 Å². The van der Waals surface area contributed by atoms with Gasteiger partial charge in [0.2, 0.25) is 0 Å². The van der Waals surface area contributed by atoms with Crippen LogP contribution in [0.3, 0.4) is 0 Å². The van der Waals surface area contributed by atoms with E-state index in [1.54, 1.807) is 18.2 Å². The van der Waals surface area contributed by atoms with E-state index in [4.69, 9.17) is 11.6 Å². The summed E-state index contributed by atoms with van der Waals surface area (Å²) < 4.78 is 0.972. The molecule has 0 bridgehead atoms. The lowest BCUT2D eigenvalue weighted by molar-refractivity contribution is 0.0937. The molecule has 0 unspecified atom stereocenters. The summed E-state index contributed by atoms with van der Waals surface area (Å²) in [4.78, 5) is 12.2. The summed E-state index contributed by atoms with van der Waals surface area (Å²) in [5.74, 6) is -0.342. The van der Waals surface area contributed by atoms with Crippen molar-refractivity contribution in [2.24, 2.45) is 0 Å². The van der Waals surface area contributed by atoms with Crippen LogP contribution in [0.25, 0.3) is 17.0 Å². The maximum Gasteiger partial charge on any atom is 0.287 e. The van der Waals surface area contributed by atoms with Gasteiger partial charge in [-0.1, -0.05) is 58.4 Å². The Morgan fingerprint density at radius 3 is 2.44 bits per heavy atom. The lowest BCUT2D eigenvalue weighted by Gasteiger charge is -2.10. The zero-order chi connectivity index (χ0) is 17.8. The Kier molecular flexibility index (Phi) is 5.21. The summed E-state index contributed by atoms with van der Waals surface area (Å²) >= 11 is 9.25. The number of aromatic nitrogens is 2. The molecular weight excluding hydrogens is 404 g/mol. The number of aromatic amines is 1. The number of H-pyrrole nitrogens is 1. The van der Waals surface area contributed by atoms with Gasteiger partial charge in [0.1, 0.15) is 5.69 Å². The predicted octanol–water partition coefficient (Wildman–Crippen LogP) is 4.40. The van der Waals surface area contributed by atoms with Crippen molar-refractivity contribution in [3.63, 3.8) is 0 Å². The Bertz CT molecular complexity index is 904. The monoisotopic (exact) mass is 416 g/mol. The molecule has 0 aliphatic carbocycles. The normalized spacial score (nSPS) is 10.3. The molecule has 0 aliphatic rings. The standard InChI is InChI=1S/C18H14BrClN4O/c1-11(12-2-6-14(19)7-3-12)21-24-18(25)17-10-16(22-23-17)13-4-8-15(20)9-5-13/h2-10,21H,1H2,(H,22,23)(H,24,25). The molecule has 126 valence electrons. The highest BCUT2D eigenvalue weighted by molar-refractivity contribution is 9.10. The van der Waals surface area contributed by atoms with Crippen LogP contribution in [0.4, 0.5) is 0 Å². The molecule has 0 radical (unpaired) electrons. The number of halogens is 2. The molecule has 0 spiro atoms. The SMILES string of the molecule is C=C(NNC(=O)c1cc(-c2ccc(Cl)cc2)n[nH]1)c1ccc(Br)cc1.